The van der Waals surface area contributed by atoms with Gasteiger partial charge in [-0.15, -0.1) is 6.58 Å². The van der Waals surface area contributed by atoms with Crippen molar-refractivity contribution in [1.29, 1.82) is 0 Å². The number of allylic oxidation sites excluding steroid dienone is 1. The summed E-state index contributed by atoms with van der Waals surface area (Å²) < 4.78 is 10.9. The van der Waals surface area contributed by atoms with Crippen molar-refractivity contribution < 1.29 is 19.1 Å². The highest BCUT2D eigenvalue weighted by Gasteiger charge is 2.48. The van der Waals surface area contributed by atoms with Crippen LogP contribution in [-0.4, -0.2) is 31.1 Å². The lowest BCUT2D eigenvalue weighted by Gasteiger charge is -2.27. The number of ether oxygens (including phenoxy) is 2. The van der Waals surface area contributed by atoms with Crippen molar-refractivity contribution in [3.05, 3.63) is 71.2 Å². The third-order valence-electron chi connectivity index (χ3n) is 5.05. The minimum atomic E-state index is -1.52. The lowest BCUT2D eigenvalue weighted by atomic mass is 9.77. The number of rotatable bonds is 7. The van der Waals surface area contributed by atoms with E-state index < -0.39 is 17.4 Å². The van der Waals surface area contributed by atoms with E-state index >= 15 is 0 Å². The number of nitrogens with one attached hydrogen (secondary N) is 1. The van der Waals surface area contributed by atoms with Crippen molar-refractivity contribution >= 4 is 38.8 Å². The van der Waals surface area contributed by atoms with Crippen molar-refractivity contribution in [2.75, 3.05) is 14.2 Å². The molecule has 0 aliphatic rings. The predicted molar refractivity (Wildman–Crippen MR) is 116 cm³/mol. The molecule has 29 heavy (non-hydrogen) atoms. The first kappa shape index (κ1) is 20.9. The molecule has 6 heteroatoms. The van der Waals surface area contributed by atoms with E-state index in [2.05, 4.69) is 27.5 Å². The van der Waals surface area contributed by atoms with Crippen LogP contribution in [0.15, 0.2) is 65.7 Å². The van der Waals surface area contributed by atoms with Gasteiger partial charge in [-0.05, 0) is 35.7 Å². The number of aromatic amines is 1. The van der Waals surface area contributed by atoms with Gasteiger partial charge in [0.25, 0.3) is 0 Å². The zero-order valence-corrected chi connectivity index (χ0v) is 17.9. The molecule has 0 radical (unpaired) electrons. The molecule has 0 spiro atoms. The molecular formula is C23H22BrNO4. The van der Waals surface area contributed by atoms with Crippen LogP contribution in [0.1, 0.15) is 12.0 Å². The number of hydrogen-bond acceptors (Lipinski definition) is 4. The number of esters is 2. The summed E-state index contributed by atoms with van der Waals surface area (Å²) in [5.74, 6) is -1.29. The van der Waals surface area contributed by atoms with E-state index in [0.717, 1.165) is 32.2 Å². The first-order valence-electron chi connectivity index (χ1n) is 9.10. The molecule has 0 aliphatic heterocycles. The fourth-order valence-corrected chi connectivity index (χ4v) is 4.02. The van der Waals surface area contributed by atoms with Crippen molar-refractivity contribution in [1.82, 2.24) is 4.98 Å². The predicted octanol–water partition coefficient (Wildman–Crippen LogP) is 5.05. The Morgan fingerprint density at radius 2 is 1.76 bits per heavy atom. The van der Waals surface area contributed by atoms with Gasteiger partial charge in [0.2, 0.25) is 0 Å². The standard InChI is InChI=1S/C23H22BrNO4/c1-4-12-23(21(26)28-2,22(27)29-3)14-18-17-13-16(24)10-11-19(17)25-20(18)15-8-6-5-7-9-15/h4-11,13,25H,1,12,14H2,2-3H3. The van der Waals surface area contributed by atoms with Gasteiger partial charge in [0.05, 0.1) is 14.2 Å². The van der Waals surface area contributed by atoms with Gasteiger partial charge in [0.15, 0.2) is 5.41 Å². The number of halogens is 1. The van der Waals surface area contributed by atoms with E-state index in [1.54, 1.807) is 6.08 Å². The second-order valence-corrected chi connectivity index (χ2v) is 7.69. The van der Waals surface area contributed by atoms with Crippen LogP contribution in [0.25, 0.3) is 22.2 Å². The molecule has 150 valence electrons. The number of carbonyl (C=O) groups excluding carboxylic acids is 2. The van der Waals surface area contributed by atoms with Crippen LogP contribution in [0, 0.1) is 5.41 Å². The Bertz CT molecular complexity index is 1040. The fourth-order valence-electron chi connectivity index (χ4n) is 3.66. The summed E-state index contributed by atoms with van der Waals surface area (Å²) in [6, 6.07) is 15.7. The maximum Gasteiger partial charge on any atom is 0.323 e. The molecule has 0 amide bonds. The molecule has 3 rings (SSSR count). The van der Waals surface area contributed by atoms with Crippen molar-refractivity contribution in [2.45, 2.75) is 12.8 Å². The minimum absolute atomic E-state index is 0.0985. The lowest BCUT2D eigenvalue weighted by Crippen LogP contribution is -2.43. The largest absolute Gasteiger partial charge is 0.468 e. The van der Waals surface area contributed by atoms with Gasteiger partial charge in [-0.25, -0.2) is 0 Å². The Hall–Kier alpha value is -2.86. The minimum Gasteiger partial charge on any atom is -0.468 e. The summed E-state index contributed by atoms with van der Waals surface area (Å²) in [5, 5.41) is 0.916. The van der Waals surface area contributed by atoms with Gasteiger partial charge in [-0.1, -0.05) is 52.3 Å². The number of benzene rings is 2. The Kier molecular flexibility index (Phi) is 6.23. The molecule has 1 aromatic heterocycles. The third kappa shape index (κ3) is 3.85. The third-order valence-corrected chi connectivity index (χ3v) is 5.55. The maximum atomic E-state index is 12.8. The number of fused-ring (bicyclic) bond motifs is 1. The normalized spacial score (nSPS) is 11.3. The average molecular weight is 456 g/mol. The summed E-state index contributed by atoms with van der Waals surface area (Å²) in [4.78, 5) is 29.1. The maximum absolute atomic E-state index is 12.8. The summed E-state index contributed by atoms with van der Waals surface area (Å²) in [6.07, 6.45) is 1.75. The van der Waals surface area contributed by atoms with Crippen LogP contribution in [-0.2, 0) is 25.5 Å². The second kappa shape index (κ2) is 8.66. The molecule has 0 aliphatic carbocycles. The van der Waals surface area contributed by atoms with Crippen LogP contribution < -0.4 is 0 Å². The van der Waals surface area contributed by atoms with E-state index in [1.165, 1.54) is 14.2 Å². The zero-order valence-electron chi connectivity index (χ0n) is 16.3. The van der Waals surface area contributed by atoms with Gasteiger partial charge in [-0.2, -0.15) is 0 Å². The molecule has 0 saturated heterocycles. The summed E-state index contributed by atoms with van der Waals surface area (Å²) in [6.45, 7) is 3.73. The highest BCUT2D eigenvalue weighted by atomic mass is 79.9. The van der Waals surface area contributed by atoms with E-state index in [4.69, 9.17) is 9.47 Å². The van der Waals surface area contributed by atoms with E-state index in [1.807, 2.05) is 48.5 Å². The van der Waals surface area contributed by atoms with Crippen LogP contribution in [0.4, 0.5) is 0 Å². The molecule has 0 saturated carbocycles. The van der Waals surface area contributed by atoms with E-state index in [9.17, 15) is 9.59 Å². The highest BCUT2D eigenvalue weighted by molar-refractivity contribution is 9.10. The smallest absolute Gasteiger partial charge is 0.323 e. The Labute approximate surface area is 177 Å². The van der Waals surface area contributed by atoms with Gasteiger partial charge in [-0.3, -0.25) is 9.59 Å². The Morgan fingerprint density at radius 1 is 1.10 bits per heavy atom. The molecule has 2 aromatic carbocycles. The molecular weight excluding hydrogens is 434 g/mol. The Morgan fingerprint density at radius 3 is 2.34 bits per heavy atom. The van der Waals surface area contributed by atoms with E-state index in [-0.39, 0.29) is 12.8 Å². The topological polar surface area (TPSA) is 68.4 Å². The quantitative estimate of drug-likeness (QED) is 0.307. The number of aromatic nitrogens is 1. The number of methoxy groups -OCH3 is 2. The second-order valence-electron chi connectivity index (χ2n) is 6.77. The van der Waals surface area contributed by atoms with Crippen LogP contribution in [0.5, 0.6) is 0 Å². The van der Waals surface area contributed by atoms with Crippen molar-refractivity contribution in [3.8, 4) is 11.3 Å². The average Bonchev–Trinajstić information content (AvgIpc) is 3.10. The molecule has 0 unspecified atom stereocenters. The zero-order chi connectivity index (χ0) is 21.0. The van der Waals surface area contributed by atoms with Crippen LogP contribution in [0.3, 0.4) is 0 Å². The van der Waals surface area contributed by atoms with E-state index in [0.29, 0.717) is 0 Å². The molecule has 0 bridgehead atoms. The molecule has 1 N–H and O–H groups in total. The molecule has 0 atom stereocenters. The first-order chi connectivity index (χ1) is 14.0. The summed E-state index contributed by atoms with van der Waals surface area (Å²) >= 11 is 3.51. The van der Waals surface area contributed by atoms with Crippen molar-refractivity contribution in [2.24, 2.45) is 5.41 Å². The fraction of sp³-hybridized carbons (Fsp3) is 0.217. The molecule has 1 heterocycles. The summed E-state index contributed by atoms with van der Waals surface area (Å²) in [7, 11) is 2.54. The molecule has 5 nitrogen and oxygen atoms in total. The van der Waals surface area contributed by atoms with Gasteiger partial charge in [0.1, 0.15) is 0 Å². The highest BCUT2D eigenvalue weighted by Crippen LogP contribution is 2.39. The monoisotopic (exact) mass is 455 g/mol. The SMILES string of the molecule is C=CCC(Cc1c(-c2ccccc2)[nH]c2ccc(Br)cc12)(C(=O)OC)C(=O)OC. The number of H-pyrrole nitrogens is 1. The van der Waals surface area contributed by atoms with Crippen LogP contribution >= 0.6 is 15.9 Å². The van der Waals surface area contributed by atoms with Crippen LogP contribution in [0.2, 0.25) is 0 Å². The molecule has 0 fully saturated rings. The summed E-state index contributed by atoms with van der Waals surface area (Å²) in [5.41, 5.74) is 2.03. The lowest BCUT2D eigenvalue weighted by molar-refractivity contribution is -0.168. The number of carbonyl (C=O) groups is 2. The first-order valence-corrected chi connectivity index (χ1v) is 9.89. The van der Waals surface area contributed by atoms with Crippen molar-refractivity contribution in [3.63, 3.8) is 0 Å². The van der Waals surface area contributed by atoms with Gasteiger partial charge >= 0.3 is 11.9 Å². The molecule has 3 aromatic rings. The Balaban J connectivity index is 2.28. The van der Waals surface area contributed by atoms with Gasteiger partial charge < -0.3 is 14.5 Å². The number of hydrogen-bond donors (Lipinski definition) is 1. The van der Waals surface area contributed by atoms with Gasteiger partial charge in [0, 0.05) is 27.5 Å².